The predicted octanol–water partition coefficient (Wildman–Crippen LogP) is 4.29. The highest BCUT2D eigenvalue weighted by molar-refractivity contribution is 8.14. The van der Waals surface area contributed by atoms with Gasteiger partial charge in [-0.05, 0) is 24.6 Å². The normalized spacial score (nSPS) is 12.7. The average molecular weight is 331 g/mol. The van der Waals surface area contributed by atoms with Crippen molar-refractivity contribution < 1.29 is 13.2 Å². The molecule has 0 fully saturated rings. The summed E-state index contributed by atoms with van der Waals surface area (Å²) in [5.74, 6) is 0.586. The third-order valence-corrected chi connectivity index (χ3v) is 4.50. The van der Waals surface area contributed by atoms with Gasteiger partial charge in [0.05, 0.1) is 4.90 Å². The molecule has 0 atom stereocenters. The monoisotopic (exact) mass is 330 g/mol. The second-order valence-corrected chi connectivity index (χ2v) is 7.04. The molecule has 0 bridgehead atoms. The van der Waals surface area contributed by atoms with E-state index in [0.717, 1.165) is 5.57 Å². The van der Waals surface area contributed by atoms with E-state index in [-0.39, 0.29) is 4.90 Å². The molecular weight excluding hydrogens is 319 g/mol. The highest BCUT2D eigenvalue weighted by Crippen LogP contribution is 2.32. The molecular formula is C14H12Cl2O3S. The van der Waals surface area contributed by atoms with E-state index in [4.69, 9.17) is 27.0 Å². The molecule has 0 unspecified atom stereocenters. The first-order valence-electron chi connectivity index (χ1n) is 5.78. The Hall–Kier alpha value is -1.23. The minimum Gasteiger partial charge on any atom is -0.489 e. The van der Waals surface area contributed by atoms with Crippen LogP contribution in [0.4, 0.5) is 0 Å². The van der Waals surface area contributed by atoms with Crippen molar-refractivity contribution in [2.24, 2.45) is 0 Å². The Bertz CT molecular complexity index is 767. The van der Waals surface area contributed by atoms with Crippen LogP contribution in [0.15, 0.2) is 52.4 Å². The number of ether oxygens (including phenoxy) is 1. The van der Waals surface area contributed by atoms with Crippen LogP contribution in [-0.2, 0) is 9.05 Å². The lowest BCUT2D eigenvalue weighted by molar-refractivity contribution is 0.356. The third-order valence-electron chi connectivity index (χ3n) is 2.75. The van der Waals surface area contributed by atoms with Crippen molar-refractivity contribution in [1.82, 2.24) is 0 Å². The second kappa shape index (κ2) is 6.04. The van der Waals surface area contributed by atoms with Crippen molar-refractivity contribution in [3.05, 3.63) is 47.5 Å². The third kappa shape index (κ3) is 3.26. The predicted molar refractivity (Wildman–Crippen MR) is 82.1 cm³/mol. The molecule has 0 saturated heterocycles. The maximum atomic E-state index is 11.6. The summed E-state index contributed by atoms with van der Waals surface area (Å²) < 4.78 is 28.8. The van der Waals surface area contributed by atoms with Crippen LogP contribution < -0.4 is 4.74 Å². The fourth-order valence-corrected chi connectivity index (χ4v) is 2.94. The van der Waals surface area contributed by atoms with E-state index >= 15 is 0 Å². The Balaban J connectivity index is 2.55. The molecule has 0 amide bonds. The minimum absolute atomic E-state index is 0.0757. The van der Waals surface area contributed by atoms with E-state index in [2.05, 4.69) is 0 Å². The minimum atomic E-state index is -3.80. The highest BCUT2D eigenvalue weighted by Gasteiger charge is 2.16. The van der Waals surface area contributed by atoms with Gasteiger partial charge in [0.1, 0.15) is 12.4 Å². The van der Waals surface area contributed by atoms with Crippen LogP contribution in [0.25, 0.3) is 10.8 Å². The van der Waals surface area contributed by atoms with Gasteiger partial charge in [-0.1, -0.05) is 35.9 Å². The van der Waals surface area contributed by atoms with Gasteiger partial charge in [-0.15, -0.1) is 0 Å². The highest BCUT2D eigenvalue weighted by atomic mass is 35.7. The van der Waals surface area contributed by atoms with Gasteiger partial charge in [0.2, 0.25) is 0 Å². The lowest BCUT2D eigenvalue weighted by atomic mass is 10.1. The van der Waals surface area contributed by atoms with Crippen LogP contribution in [0, 0.1) is 0 Å². The summed E-state index contributed by atoms with van der Waals surface area (Å²) in [6, 6.07) is 10.1. The number of hydrogen-bond acceptors (Lipinski definition) is 3. The van der Waals surface area contributed by atoms with Crippen molar-refractivity contribution in [2.45, 2.75) is 11.8 Å². The Morgan fingerprint density at radius 3 is 2.45 bits per heavy atom. The van der Waals surface area contributed by atoms with Crippen LogP contribution >= 0.6 is 22.3 Å². The largest absolute Gasteiger partial charge is 0.489 e. The zero-order valence-electron chi connectivity index (χ0n) is 10.6. The standard InChI is InChI=1S/C14H12Cl2O3S/c1-10(8-15)9-19-13-6-7-14(20(16,17)18)12-5-3-2-4-11(12)13/h2-8H,9H2,1H3/b10-8-. The average Bonchev–Trinajstić information content (AvgIpc) is 2.43. The van der Waals surface area contributed by atoms with Gasteiger partial charge >= 0.3 is 0 Å². The lowest BCUT2D eigenvalue weighted by Gasteiger charge is -2.11. The first-order chi connectivity index (χ1) is 9.43. The van der Waals surface area contributed by atoms with Crippen molar-refractivity contribution in [2.75, 3.05) is 6.61 Å². The first-order valence-corrected chi connectivity index (χ1v) is 8.53. The van der Waals surface area contributed by atoms with Gasteiger partial charge in [-0.3, -0.25) is 0 Å². The molecule has 0 aliphatic rings. The summed E-state index contributed by atoms with van der Waals surface area (Å²) in [5.41, 5.74) is 2.31. The maximum Gasteiger partial charge on any atom is 0.261 e. The zero-order valence-corrected chi connectivity index (χ0v) is 13.0. The van der Waals surface area contributed by atoms with Crippen molar-refractivity contribution in [3.8, 4) is 5.75 Å². The molecule has 2 aromatic carbocycles. The number of hydrogen-bond donors (Lipinski definition) is 0. The van der Waals surface area contributed by atoms with Gasteiger partial charge in [0.15, 0.2) is 0 Å². The molecule has 0 saturated carbocycles. The Morgan fingerprint density at radius 2 is 1.85 bits per heavy atom. The van der Waals surface area contributed by atoms with E-state index in [9.17, 15) is 8.42 Å². The maximum absolute atomic E-state index is 11.6. The molecule has 2 rings (SSSR count). The Kier molecular flexibility index (Phi) is 4.58. The molecule has 0 heterocycles. The van der Waals surface area contributed by atoms with E-state index in [1.54, 1.807) is 24.3 Å². The van der Waals surface area contributed by atoms with Gasteiger partial charge in [0, 0.05) is 27.0 Å². The number of rotatable bonds is 4. The molecule has 6 heteroatoms. The summed E-state index contributed by atoms with van der Waals surface area (Å²) in [6.07, 6.45) is 0. The lowest BCUT2D eigenvalue weighted by Crippen LogP contribution is -2.00. The smallest absolute Gasteiger partial charge is 0.261 e. The molecule has 0 N–H and O–H groups in total. The summed E-state index contributed by atoms with van der Waals surface area (Å²) in [5, 5.41) is 1.23. The fraction of sp³-hybridized carbons (Fsp3) is 0.143. The molecule has 20 heavy (non-hydrogen) atoms. The quantitative estimate of drug-likeness (QED) is 0.785. The van der Waals surface area contributed by atoms with Gasteiger partial charge < -0.3 is 4.74 Å². The zero-order chi connectivity index (χ0) is 14.8. The summed E-state index contributed by atoms with van der Waals surface area (Å²) in [6.45, 7) is 2.17. The van der Waals surface area contributed by atoms with Crippen LogP contribution in [0.3, 0.4) is 0 Å². The summed E-state index contributed by atoms with van der Waals surface area (Å²) in [7, 11) is 1.65. The van der Waals surface area contributed by atoms with Crippen LogP contribution in [-0.4, -0.2) is 15.0 Å². The number of benzene rings is 2. The van der Waals surface area contributed by atoms with Crippen molar-refractivity contribution in [1.29, 1.82) is 0 Å². The summed E-state index contributed by atoms with van der Waals surface area (Å²) >= 11 is 5.58. The molecule has 2 aromatic rings. The number of halogens is 2. The van der Waals surface area contributed by atoms with Crippen molar-refractivity contribution >= 4 is 42.1 Å². The van der Waals surface area contributed by atoms with E-state index in [1.807, 2.05) is 13.0 Å². The molecule has 0 radical (unpaired) electrons. The van der Waals surface area contributed by atoms with E-state index in [0.29, 0.717) is 23.1 Å². The summed E-state index contributed by atoms with van der Waals surface area (Å²) in [4.78, 5) is 0.0757. The molecule has 0 aliphatic carbocycles. The van der Waals surface area contributed by atoms with E-state index in [1.165, 1.54) is 11.6 Å². The van der Waals surface area contributed by atoms with Gasteiger partial charge in [-0.2, -0.15) is 0 Å². The SMILES string of the molecule is C/C(=C/Cl)COc1ccc(S(=O)(=O)Cl)c2ccccc12. The molecule has 0 spiro atoms. The molecule has 0 aromatic heterocycles. The van der Waals surface area contributed by atoms with Gasteiger partial charge in [0.25, 0.3) is 9.05 Å². The van der Waals surface area contributed by atoms with Crippen LogP contribution in [0.2, 0.25) is 0 Å². The second-order valence-electron chi connectivity index (χ2n) is 4.29. The fourth-order valence-electron chi connectivity index (χ4n) is 1.81. The molecule has 0 aliphatic heterocycles. The van der Waals surface area contributed by atoms with Crippen LogP contribution in [0.5, 0.6) is 5.75 Å². The first kappa shape index (κ1) is 15.2. The Labute approximate surface area is 127 Å². The van der Waals surface area contributed by atoms with E-state index < -0.39 is 9.05 Å². The molecule has 3 nitrogen and oxygen atoms in total. The Morgan fingerprint density at radius 1 is 1.20 bits per heavy atom. The molecule has 106 valence electrons. The van der Waals surface area contributed by atoms with Crippen LogP contribution in [0.1, 0.15) is 6.92 Å². The number of fused-ring (bicyclic) bond motifs is 1. The topological polar surface area (TPSA) is 43.4 Å². The van der Waals surface area contributed by atoms with Gasteiger partial charge in [-0.25, -0.2) is 8.42 Å². The van der Waals surface area contributed by atoms with Crippen molar-refractivity contribution in [3.63, 3.8) is 0 Å².